The molecule has 2 unspecified atom stereocenters. The maximum absolute atomic E-state index is 11.6. The third-order valence-corrected chi connectivity index (χ3v) is 4.78. The molecule has 0 saturated carbocycles. The van der Waals surface area contributed by atoms with Crippen molar-refractivity contribution in [2.45, 2.75) is 25.7 Å². The number of hydrogen-bond donors (Lipinski definition) is 1. The second-order valence-electron chi connectivity index (χ2n) is 6.12. The number of nitrogens with zero attached hydrogens (tertiary/aromatic N) is 1. The molecule has 2 fully saturated rings. The van der Waals surface area contributed by atoms with Gasteiger partial charge >= 0.3 is 5.97 Å². The Hall–Kier alpha value is -1.43. The van der Waals surface area contributed by atoms with Crippen LogP contribution in [0.5, 0.6) is 0 Å². The molecule has 1 N–H and O–H groups in total. The minimum Gasteiger partial charge on any atom is -0.457 e. The number of aryl methyl sites for hydroxylation is 1. The zero-order valence-corrected chi connectivity index (χ0v) is 12.2. The second-order valence-corrected chi connectivity index (χ2v) is 6.12. The summed E-state index contributed by atoms with van der Waals surface area (Å²) < 4.78 is 11.2. The zero-order chi connectivity index (χ0) is 14.4. The molecular weight excluding hydrogens is 268 g/mol. The Morgan fingerprint density at radius 3 is 3.19 bits per heavy atom. The van der Waals surface area contributed by atoms with Gasteiger partial charge < -0.3 is 14.8 Å². The lowest BCUT2D eigenvalue weighted by Gasteiger charge is -2.43. The van der Waals surface area contributed by atoms with Crippen LogP contribution < -0.4 is 5.32 Å². The molecule has 0 bridgehead atoms. The highest BCUT2D eigenvalue weighted by Crippen LogP contribution is 2.32. The quantitative estimate of drug-likeness (QED) is 0.782. The summed E-state index contributed by atoms with van der Waals surface area (Å²) in [4.78, 5) is 14.1. The van der Waals surface area contributed by atoms with Crippen molar-refractivity contribution in [1.82, 2.24) is 10.2 Å². The van der Waals surface area contributed by atoms with Gasteiger partial charge in [-0.05, 0) is 30.2 Å². The highest BCUT2D eigenvalue weighted by Gasteiger charge is 2.33. The zero-order valence-electron chi connectivity index (χ0n) is 12.2. The van der Waals surface area contributed by atoms with Crippen LogP contribution in [0.1, 0.15) is 33.2 Å². The number of hydrogen-bond acceptors (Lipinski definition) is 5. The van der Waals surface area contributed by atoms with Crippen LogP contribution in [0.25, 0.3) is 0 Å². The molecule has 0 amide bonds. The van der Waals surface area contributed by atoms with Crippen LogP contribution in [-0.4, -0.2) is 49.7 Å². The smallest absolute Gasteiger partial charge is 0.338 e. The normalized spacial score (nSPS) is 28.9. The molecule has 0 radical (unpaired) electrons. The maximum Gasteiger partial charge on any atom is 0.338 e. The molecule has 0 spiro atoms. The molecule has 5 heteroatoms. The van der Waals surface area contributed by atoms with Gasteiger partial charge in [-0.25, -0.2) is 4.79 Å². The van der Waals surface area contributed by atoms with Gasteiger partial charge in [0.15, 0.2) is 0 Å². The van der Waals surface area contributed by atoms with Crippen LogP contribution in [-0.2, 0) is 16.1 Å². The van der Waals surface area contributed by atoms with Crippen molar-refractivity contribution >= 4 is 5.97 Å². The topological polar surface area (TPSA) is 50.8 Å². The van der Waals surface area contributed by atoms with E-state index in [0.717, 1.165) is 43.9 Å². The Bertz CT molecular complexity index is 587. The molecule has 112 valence electrons. The largest absolute Gasteiger partial charge is 0.457 e. The van der Waals surface area contributed by atoms with Crippen molar-refractivity contribution in [2.75, 3.05) is 32.8 Å². The molecule has 3 aliphatic heterocycles. The number of ether oxygens (including phenoxy) is 2. The lowest BCUT2D eigenvalue weighted by molar-refractivity contribution is -0.0720. The Labute approximate surface area is 124 Å². The SMILES string of the molecule is Cc1cc2c(cc1C1CN3CCNCC3CO1)COC2=O. The first-order valence-corrected chi connectivity index (χ1v) is 7.59. The second kappa shape index (κ2) is 5.09. The Morgan fingerprint density at radius 2 is 2.29 bits per heavy atom. The maximum atomic E-state index is 11.6. The summed E-state index contributed by atoms with van der Waals surface area (Å²) in [6.45, 7) is 7.28. The van der Waals surface area contributed by atoms with Gasteiger partial charge in [0.2, 0.25) is 0 Å². The summed E-state index contributed by atoms with van der Waals surface area (Å²) in [5.41, 5.74) is 4.02. The van der Waals surface area contributed by atoms with E-state index < -0.39 is 0 Å². The van der Waals surface area contributed by atoms with Crippen molar-refractivity contribution in [3.05, 3.63) is 34.4 Å². The summed E-state index contributed by atoms with van der Waals surface area (Å²) in [6.07, 6.45) is 0.0975. The van der Waals surface area contributed by atoms with Crippen LogP contribution in [0.4, 0.5) is 0 Å². The highest BCUT2D eigenvalue weighted by molar-refractivity contribution is 5.93. The molecule has 2 saturated heterocycles. The average Bonchev–Trinajstić information content (AvgIpc) is 2.87. The van der Waals surface area contributed by atoms with Gasteiger partial charge in [-0.1, -0.05) is 0 Å². The number of fused-ring (bicyclic) bond motifs is 2. The molecule has 21 heavy (non-hydrogen) atoms. The Balaban J connectivity index is 1.60. The molecule has 5 nitrogen and oxygen atoms in total. The molecular formula is C16H20N2O3. The lowest BCUT2D eigenvalue weighted by Crippen LogP contribution is -2.57. The third-order valence-electron chi connectivity index (χ3n) is 4.78. The van der Waals surface area contributed by atoms with Gasteiger partial charge in [-0.15, -0.1) is 0 Å². The van der Waals surface area contributed by atoms with Crippen molar-refractivity contribution in [1.29, 1.82) is 0 Å². The molecule has 1 aromatic rings. The molecule has 2 atom stereocenters. The fourth-order valence-corrected chi connectivity index (χ4v) is 3.54. The summed E-state index contributed by atoms with van der Waals surface area (Å²) in [5, 5.41) is 3.41. The number of carbonyl (C=O) groups excluding carboxylic acids is 1. The highest BCUT2D eigenvalue weighted by atomic mass is 16.5. The predicted molar refractivity (Wildman–Crippen MR) is 77.2 cm³/mol. The first-order valence-electron chi connectivity index (χ1n) is 7.59. The summed E-state index contributed by atoms with van der Waals surface area (Å²) in [5.74, 6) is -0.202. The fourth-order valence-electron chi connectivity index (χ4n) is 3.54. The van der Waals surface area contributed by atoms with Gasteiger partial charge in [0.25, 0.3) is 0 Å². The predicted octanol–water partition coefficient (Wildman–Crippen LogP) is 1.01. The molecule has 1 aromatic carbocycles. The Morgan fingerprint density at radius 1 is 1.38 bits per heavy atom. The summed E-state index contributed by atoms with van der Waals surface area (Å²) in [6, 6.07) is 4.55. The summed E-state index contributed by atoms with van der Waals surface area (Å²) >= 11 is 0. The van der Waals surface area contributed by atoms with Crippen LogP contribution in [0.2, 0.25) is 0 Å². The van der Waals surface area contributed by atoms with E-state index in [1.54, 1.807) is 0 Å². The number of piperazine rings is 1. The minimum atomic E-state index is -0.202. The monoisotopic (exact) mass is 288 g/mol. The van der Waals surface area contributed by atoms with Gasteiger partial charge in [-0.3, -0.25) is 4.90 Å². The fraction of sp³-hybridized carbons (Fsp3) is 0.562. The van der Waals surface area contributed by atoms with Gasteiger partial charge in [0.05, 0.1) is 18.3 Å². The van der Waals surface area contributed by atoms with E-state index in [1.807, 2.05) is 6.07 Å². The first kappa shape index (κ1) is 13.2. The van der Waals surface area contributed by atoms with Crippen molar-refractivity contribution in [3.63, 3.8) is 0 Å². The first-order chi connectivity index (χ1) is 10.2. The van der Waals surface area contributed by atoms with Gasteiger partial charge in [0, 0.05) is 37.8 Å². The van der Waals surface area contributed by atoms with E-state index in [0.29, 0.717) is 18.2 Å². The van der Waals surface area contributed by atoms with Crippen LogP contribution in [0, 0.1) is 6.92 Å². The van der Waals surface area contributed by atoms with Crippen molar-refractivity contribution < 1.29 is 14.3 Å². The number of esters is 1. The average molecular weight is 288 g/mol. The van der Waals surface area contributed by atoms with Gasteiger partial charge in [-0.2, -0.15) is 0 Å². The number of benzene rings is 1. The molecule has 3 aliphatic rings. The molecule has 4 rings (SSSR count). The number of rotatable bonds is 1. The van der Waals surface area contributed by atoms with E-state index in [2.05, 4.69) is 23.2 Å². The number of cyclic esters (lactones) is 1. The number of nitrogens with one attached hydrogen (secondary N) is 1. The molecule has 3 heterocycles. The van der Waals surface area contributed by atoms with Crippen molar-refractivity contribution in [2.24, 2.45) is 0 Å². The van der Waals surface area contributed by atoms with E-state index in [-0.39, 0.29) is 12.1 Å². The molecule has 0 aliphatic carbocycles. The van der Waals surface area contributed by atoms with Crippen LogP contribution in [0.3, 0.4) is 0 Å². The lowest BCUT2D eigenvalue weighted by atomic mass is 9.95. The van der Waals surface area contributed by atoms with E-state index in [4.69, 9.17) is 9.47 Å². The van der Waals surface area contributed by atoms with E-state index in [9.17, 15) is 4.79 Å². The van der Waals surface area contributed by atoms with Crippen LogP contribution in [0.15, 0.2) is 12.1 Å². The Kier molecular flexibility index (Phi) is 3.21. The minimum absolute atomic E-state index is 0.0975. The molecule has 0 aromatic heterocycles. The van der Waals surface area contributed by atoms with Crippen molar-refractivity contribution in [3.8, 4) is 0 Å². The number of morpholine rings is 1. The standard InChI is InChI=1S/C16H20N2O3/c1-10-4-14-11(8-21-16(14)19)5-13(10)15-7-18-3-2-17-6-12(18)9-20-15/h4-5,12,15,17H,2-3,6-9H2,1H3. The third kappa shape index (κ3) is 2.25. The van der Waals surface area contributed by atoms with Gasteiger partial charge in [0.1, 0.15) is 6.61 Å². The van der Waals surface area contributed by atoms with E-state index in [1.165, 1.54) is 5.56 Å². The summed E-state index contributed by atoms with van der Waals surface area (Å²) in [7, 11) is 0. The number of carbonyl (C=O) groups is 1. The van der Waals surface area contributed by atoms with E-state index >= 15 is 0 Å². The van der Waals surface area contributed by atoms with Crippen LogP contribution >= 0.6 is 0 Å².